The molecule has 1 fully saturated rings. The van der Waals surface area contributed by atoms with Gasteiger partial charge in [0, 0.05) is 11.1 Å². The quantitative estimate of drug-likeness (QED) is 0.872. The molecule has 2 rings (SSSR count). The van der Waals surface area contributed by atoms with Crippen molar-refractivity contribution in [1.29, 1.82) is 0 Å². The topological polar surface area (TPSA) is 21.3 Å². The van der Waals surface area contributed by atoms with E-state index >= 15 is 0 Å². The zero-order valence-corrected chi connectivity index (χ0v) is 10.5. The number of ether oxygens (including phenoxy) is 1. The number of hydrogen-bond donors (Lipinski definition) is 1. The van der Waals surface area contributed by atoms with Gasteiger partial charge in [0.2, 0.25) is 0 Å². The van der Waals surface area contributed by atoms with Crippen molar-refractivity contribution in [1.82, 2.24) is 5.32 Å². The fourth-order valence-corrected chi connectivity index (χ4v) is 2.06. The highest BCUT2D eigenvalue weighted by Gasteiger charge is 2.24. The first-order chi connectivity index (χ1) is 7.66. The van der Waals surface area contributed by atoms with Gasteiger partial charge in [0.05, 0.1) is 19.3 Å². The second-order valence-corrected chi connectivity index (χ2v) is 5.11. The van der Waals surface area contributed by atoms with Crippen molar-refractivity contribution in [3.8, 4) is 0 Å². The van der Waals surface area contributed by atoms with Crippen LogP contribution in [0, 0.1) is 5.92 Å². The molecule has 2 nitrogen and oxygen atoms in total. The molecule has 1 aromatic carbocycles. The molecule has 0 spiro atoms. The Morgan fingerprint density at radius 2 is 1.88 bits per heavy atom. The third-order valence-corrected chi connectivity index (χ3v) is 3.20. The molecule has 0 saturated carbocycles. The van der Waals surface area contributed by atoms with E-state index < -0.39 is 0 Å². The summed E-state index contributed by atoms with van der Waals surface area (Å²) in [4.78, 5) is 0. The number of halogens is 1. The standard InChI is InChI=1S/C13H18ClNO/c1-9(2)13(15-12-7-16-8-12)10-3-5-11(14)6-4-10/h3-6,9,12-13,15H,7-8H2,1-2H3. The molecule has 1 aliphatic heterocycles. The highest BCUT2D eigenvalue weighted by Crippen LogP contribution is 2.24. The average molecular weight is 240 g/mol. The van der Waals surface area contributed by atoms with Gasteiger partial charge in [0.25, 0.3) is 0 Å². The van der Waals surface area contributed by atoms with Gasteiger partial charge in [0.15, 0.2) is 0 Å². The van der Waals surface area contributed by atoms with Crippen LogP contribution in [0.2, 0.25) is 5.02 Å². The summed E-state index contributed by atoms with van der Waals surface area (Å²) in [5.41, 5.74) is 1.30. The number of rotatable bonds is 4. The lowest BCUT2D eigenvalue weighted by atomic mass is 9.95. The van der Waals surface area contributed by atoms with Crippen molar-refractivity contribution in [3.05, 3.63) is 34.9 Å². The zero-order valence-electron chi connectivity index (χ0n) is 9.74. The van der Waals surface area contributed by atoms with Gasteiger partial charge in [-0.05, 0) is 23.6 Å². The summed E-state index contributed by atoms with van der Waals surface area (Å²) in [7, 11) is 0. The highest BCUT2D eigenvalue weighted by atomic mass is 35.5. The normalized spacial score (nSPS) is 18.5. The maximum atomic E-state index is 5.90. The second-order valence-electron chi connectivity index (χ2n) is 4.67. The summed E-state index contributed by atoms with van der Waals surface area (Å²) in [6.45, 7) is 6.12. The molecule has 1 atom stereocenters. The summed E-state index contributed by atoms with van der Waals surface area (Å²) in [5.74, 6) is 0.557. The van der Waals surface area contributed by atoms with Gasteiger partial charge in [-0.1, -0.05) is 37.6 Å². The molecule has 0 aliphatic carbocycles. The number of benzene rings is 1. The lowest BCUT2D eigenvalue weighted by Crippen LogP contribution is -2.48. The first-order valence-corrected chi connectivity index (χ1v) is 6.14. The van der Waals surface area contributed by atoms with E-state index in [4.69, 9.17) is 16.3 Å². The minimum absolute atomic E-state index is 0.381. The number of hydrogen-bond acceptors (Lipinski definition) is 2. The molecule has 1 heterocycles. The van der Waals surface area contributed by atoms with Crippen LogP contribution in [0.1, 0.15) is 25.5 Å². The molecule has 1 unspecified atom stereocenters. The SMILES string of the molecule is CC(C)C(NC1COC1)c1ccc(Cl)cc1. The fraction of sp³-hybridized carbons (Fsp3) is 0.538. The van der Waals surface area contributed by atoms with Crippen LogP contribution in [-0.4, -0.2) is 19.3 Å². The van der Waals surface area contributed by atoms with Crippen LogP contribution in [0.5, 0.6) is 0 Å². The van der Waals surface area contributed by atoms with Crippen LogP contribution in [0.15, 0.2) is 24.3 Å². The fourth-order valence-electron chi connectivity index (χ4n) is 1.93. The lowest BCUT2D eigenvalue weighted by Gasteiger charge is -2.33. The molecule has 16 heavy (non-hydrogen) atoms. The summed E-state index contributed by atoms with van der Waals surface area (Å²) in [6, 6.07) is 8.98. The first-order valence-electron chi connectivity index (χ1n) is 5.76. The van der Waals surface area contributed by atoms with Gasteiger partial charge in [-0.2, -0.15) is 0 Å². The molecule has 1 aliphatic rings. The Hall–Kier alpha value is -0.570. The molecular formula is C13H18ClNO. The third kappa shape index (κ3) is 2.76. The minimum Gasteiger partial charge on any atom is -0.378 e. The van der Waals surface area contributed by atoms with E-state index in [0.29, 0.717) is 18.0 Å². The maximum Gasteiger partial charge on any atom is 0.0643 e. The predicted octanol–water partition coefficient (Wildman–Crippen LogP) is 3.03. The molecular weight excluding hydrogens is 222 g/mol. The summed E-state index contributed by atoms with van der Waals surface area (Å²) < 4.78 is 5.19. The second kappa shape index (κ2) is 5.17. The Morgan fingerprint density at radius 3 is 2.31 bits per heavy atom. The first kappa shape index (κ1) is 11.9. The van der Waals surface area contributed by atoms with Crippen LogP contribution in [-0.2, 0) is 4.74 Å². The van der Waals surface area contributed by atoms with E-state index in [0.717, 1.165) is 18.2 Å². The maximum absolute atomic E-state index is 5.90. The van der Waals surface area contributed by atoms with Gasteiger partial charge in [-0.15, -0.1) is 0 Å². The predicted molar refractivity (Wildman–Crippen MR) is 66.8 cm³/mol. The largest absolute Gasteiger partial charge is 0.378 e. The third-order valence-electron chi connectivity index (χ3n) is 2.95. The van der Waals surface area contributed by atoms with Crippen molar-refractivity contribution in [2.45, 2.75) is 25.9 Å². The molecule has 0 aromatic heterocycles. The molecule has 1 N–H and O–H groups in total. The summed E-state index contributed by atoms with van der Waals surface area (Å²) in [5, 5.41) is 4.41. The van der Waals surface area contributed by atoms with Crippen LogP contribution >= 0.6 is 11.6 Å². The van der Waals surface area contributed by atoms with Crippen molar-refractivity contribution in [2.75, 3.05) is 13.2 Å². The van der Waals surface area contributed by atoms with Gasteiger partial charge in [0.1, 0.15) is 0 Å². The van der Waals surface area contributed by atoms with E-state index in [-0.39, 0.29) is 0 Å². The van der Waals surface area contributed by atoms with Crippen LogP contribution in [0.4, 0.5) is 0 Å². The van der Waals surface area contributed by atoms with Crippen molar-refractivity contribution in [3.63, 3.8) is 0 Å². The van der Waals surface area contributed by atoms with E-state index in [2.05, 4.69) is 31.3 Å². The van der Waals surface area contributed by atoms with E-state index in [9.17, 15) is 0 Å². The van der Waals surface area contributed by atoms with E-state index in [1.54, 1.807) is 0 Å². The Balaban J connectivity index is 2.08. The lowest BCUT2D eigenvalue weighted by molar-refractivity contribution is -0.0126. The Kier molecular flexibility index (Phi) is 3.85. The molecule has 3 heteroatoms. The summed E-state index contributed by atoms with van der Waals surface area (Å²) >= 11 is 5.90. The Morgan fingerprint density at radius 1 is 1.25 bits per heavy atom. The summed E-state index contributed by atoms with van der Waals surface area (Å²) in [6.07, 6.45) is 0. The minimum atomic E-state index is 0.381. The zero-order chi connectivity index (χ0) is 11.5. The molecule has 0 radical (unpaired) electrons. The van der Waals surface area contributed by atoms with Crippen LogP contribution in [0.25, 0.3) is 0 Å². The Labute approximate surface area is 102 Å². The molecule has 0 amide bonds. The van der Waals surface area contributed by atoms with E-state index in [1.807, 2.05) is 12.1 Å². The molecule has 1 aromatic rings. The Bertz CT molecular complexity index is 332. The van der Waals surface area contributed by atoms with Crippen molar-refractivity contribution in [2.24, 2.45) is 5.92 Å². The van der Waals surface area contributed by atoms with Crippen LogP contribution in [0.3, 0.4) is 0 Å². The van der Waals surface area contributed by atoms with Crippen molar-refractivity contribution >= 4 is 11.6 Å². The molecule has 88 valence electrons. The smallest absolute Gasteiger partial charge is 0.0643 e. The van der Waals surface area contributed by atoms with E-state index in [1.165, 1.54) is 5.56 Å². The van der Waals surface area contributed by atoms with Crippen molar-refractivity contribution < 1.29 is 4.74 Å². The number of nitrogens with one attached hydrogen (secondary N) is 1. The molecule has 1 saturated heterocycles. The van der Waals surface area contributed by atoms with Gasteiger partial charge in [-0.3, -0.25) is 0 Å². The van der Waals surface area contributed by atoms with Crippen LogP contribution < -0.4 is 5.32 Å². The van der Waals surface area contributed by atoms with Gasteiger partial charge < -0.3 is 10.1 Å². The molecule has 0 bridgehead atoms. The monoisotopic (exact) mass is 239 g/mol. The van der Waals surface area contributed by atoms with Gasteiger partial charge >= 0.3 is 0 Å². The average Bonchev–Trinajstić information content (AvgIpc) is 2.18. The van der Waals surface area contributed by atoms with Gasteiger partial charge in [-0.25, -0.2) is 0 Å². The highest BCUT2D eigenvalue weighted by molar-refractivity contribution is 6.30.